The summed E-state index contributed by atoms with van der Waals surface area (Å²) < 4.78 is 0. The van der Waals surface area contributed by atoms with Crippen LogP contribution in [0.15, 0.2) is 42.5 Å². The molecular weight excluding hydrogens is 402 g/mol. The molecule has 1 aliphatic heterocycles. The van der Waals surface area contributed by atoms with Crippen LogP contribution in [0.1, 0.15) is 38.2 Å². The molecule has 0 aliphatic carbocycles. The van der Waals surface area contributed by atoms with Gasteiger partial charge in [0.25, 0.3) is 0 Å². The van der Waals surface area contributed by atoms with Crippen LogP contribution >= 0.6 is 0 Å². The number of carbonyl (C=O) groups excluding carboxylic acids is 1. The summed E-state index contributed by atoms with van der Waals surface area (Å²) in [6, 6.07) is 15.2. The molecule has 0 bridgehead atoms. The number of nitriles is 1. The van der Waals surface area contributed by atoms with Crippen molar-refractivity contribution in [3.8, 4) is 6.07 Å². The van der Waals surface area contributed by atoms with E-state index >= 15 is 0 Å². The zero-order chi connectivity index (χ0) is 22.5. The number of anilines is 4. The van der Waals surface area contributed by atoms with Gasteiger partial charge >= 0.3 is 0 Å². The molecule has 4 N–H and O–H groups in total. The highest BCUT2D eigenvalue weighted by Crippen LogP contribution is 2.29. The van der Waals surface area contributed by atoms with Gasteiger partial charge in [0.15, 0.2) is 0 Å². The number of fused-ring (bicyclic) bond motifs is 1. The minimum absolute atomic E-state index is 0.108. The van der Waals surface area contributed by atoms with Gasteiger partial charge < -0.3 is 21.3 Å². The highest BCUT2D eigenvalue weighted by atomic mass is 16.1. The van der Waals surface area contributed by atoms with E-state index in [0.29, 0.717) is 35.9 Å². The highest BCUT2D eigenvalue weighted by molar-refractivity contribution is 5.91. The largest absolute Gasteiger partial charge is 0.399 e. The summed E-state index contributed by atoms with van der Waals surface area (Å²) in [5, 5.41) is 16.5. The molecule has 4 rings (SSSR count). The number of para-hydroxylation sites is 1. The molecule has 1 amide bonds. The van der Waals surface area contributed by atoms with Crippen LogP contribution in [0.25, 0.3) is 10.9 Å². The SMILES string of the molecule is CCCCC(=O)NC1CCN(c2nc(Nc3cc(N)cc(C#N)c3)nc3ccccc23)C1. The number of rotatable bonds is 7. The molecule has 1 saturated heterocycles. The van der Waals surface area contributed by atoms with E-state index in [4.69, 9.17) is 10.7 Å². The van der Waals surface area contributed by atoms with Gasteiger partial charge in [-0.25, -0.2) is 4.98 Å². The van der Waals surface area contributed by atoms with Gasteiger partial charge in [0.1, 0.15) is 5.82 Å². The minimum atomic E-state index is 0.108. The van der Waals surface area contributed by atoms with Gasteiger partial charge in [0, 0.05) is 42.3 Å². The van der Waals surface area contributed by atoms with Crippen molar-refractivity contribution in [1.29, 1.82) is 5.26 Å². The number of amides is 1. The summed E-state index contributed by atoms with van der Waals surface area (Å²) in [6.07, 6.45) is 3.36. The molecule has 3 aromatic rings. The van der Waals surface area contributed by atoms with Crippen molar-refractivity contribution in [3.05, 3.63) is 48.0 Å². The van der Waals surface area contributed by atoms with Gasteiger partial charge in [-0.3, -0.25) is 4.79 Å². The van der Waals surface area contributed by atoms with Crippen LogP contribution in [0.4, 0.5) is 23.1 Å². The smallest absolute Gasteiger partial charge is 0.229 e. The summed E-state index contributed by atoms with van der Waals surface area (Å²) in [5.41, 5.74) is 8.36. The van der Waals surface area contributed by atoms with E-state index in [2.05, 4.69) is 33.5 Å². The molecule has 1 unspecified atom stereocenters. The second-order valence-corrected chi connectivity index (χ2v) is 8.07. The van der Waals surface area contributed by atoms with E-state index < -0.39 is 0 Å². The first-order valence-electron chi connectivity index (χ1n) is 10.9. The molecule has 0 spiro atoms. The number of nitrogens with zero attached hydrogens (tertiary/aromatic N) is 4. The Bertz CT molecular complexity index is 1170. The Morgan fingerprint density at radius 1 is 1.28 bits per heavy atom. The molecule has 0 saturated carbocycles. The van der Waals surface area contributed by atoms with Crippen molar-refractivity contribution < 1.29 is 4.79 Å². The van der Waals surface area contributed by atoms with Crippen molar-refractivity contribution in [1.82, 2.24) is 15.3 Å². The molecule has 32 heavy (non-hydrogen) atoms. The summed E-state index contributed by atoms with van der Waals surface area (Å²) in [6.45, 7) is 3.59. The molecular formula is C24H27N7O. The molecule has 0 radical (unpaired) electrons. The van der Waals surface area contributed by atoms with Crippen LogP contribution in [-0.2, 0) is 4.79 Å². The van der Waals surface area contributed by atoms with Gasteiger partial charge in [0.05, 0.1) is 17.1 Å². The lowest BCUT2D eigenvalue weighted by molar-refractivity contribution is -0.121. The maximum atomic E-state index is 12.2. The van der Waals surface area contributed by atoms with E-state index in [1.165, 1.54) is 0 Å². The fraction of sp³-hybridized carbons (Fsp3) is 0.333. The third kappa shape index (κ3) is 4.89. The van der Waals surface area contributed by atoms with Crippen LogP contribution in [0.5, 0.6) is 0 Å². The number of aromatic nitrogens is 2. The second-order valence-electron chi connectivity index (χ2n) is 8.07. The third-order valence-corrected chi connectivity index (χ3v) is 5.53. The first-order chi connectivity index (χ1) is 15.6. The normalized spacial score (nSPS) is 15.5. The van der Waals surface area contributed by atoms with E-state index in [0.717, 1.165) is 42.5 Å². The Labute approximate surface area is 187 Å². The zero-order valence-corrected chi connectivity index (χ0v) is 18.1. The Morgan fingerprint density at radius 3 is 2.94 bits per heavy atom. The summed E-state index contributed by atoms with van der Waals surface area (Å²) in [4.78, 5) is 23.8. The Kier molecular flexibility index (Phi) is 6.36. The number of hydrogen-bond donors (Lipinski definition) is 3. The van der Waals surface area contributed by atoms with Crippen molar-refractivity contribution in [2.45, 2.75) is 38.6 Å². The predicted octanol–water partition coefficient (Wildman–Crippen LogP) is 3.71. The van der Waals surface area contributed by atoms with Crippen LogP contribution < -0.4 is 21.3 Å². The number of benzene rings is 2. The number of nitrogens with one attached hydrogen (secondary N) is 2. The molecule has 1 aliphatic rings. The van der Waals surface area contributed by atoms with E-state index in [1.54, 1.807) is 18.2 Å². The van der Waals surface area contributed by atoms with Gasteiger partial charge in [-0.2, -0.15) is 10.2 Å². The lowest BCUT2D eigenvalue weighted by Gasteiger charge is -2.21. The lowest BCUT2D eigenvalue weighted by atomic mass is 10.2. The number of nitrogen functional groups attached to an aromatic ring is 1. The van der Waals surface area contributed by atoms with E-state index in [9.17, 15) is 10.1 Å². The molecule has 2 aromatic carbocycles. The molecule has 8 heteroatoms. The van der Waals surface area contributed by atoms with Crippen LogP contribution in [0.2, 0.25) is 0 Å². The quantitative estimate of drug-likeness (QED) is 0.490. The Hall–Kier alpha value is -3.86. The Balaban J connectivity index is 1.59. The fourth-order valence-electron chi connectivity index (χ4n) is 3.98. The van der Waals surface area contributed by atoms with Gasteiger partial charge in [-0.15, -0.1) is 0 Å². The molecule has 2 heterocycles. The maximum Gasteiger partial charge on any atom is 0.229 e. The zero-order valence-electron chi connectivity index (χ0n) is 18.1. The van der Waals surface area contributed by atoms with Crippen LogP contribution in [-0.4, -0.2) is 35.0 Å². The lowest BCUT2D eigenvalue weighted by Crippen LogP contribution is -2.37. The number of nitrogens with two attached hydrogens (primary N) is 1. The maximum absolute atomic E-state index is 12.2. The monoisotopic (exact) mass is 429 g/mol. The average Bonchev–Trinajstić information content (AvgIpc) is 3.24. The summed E-state index contributed by atoms with van der Waals surface area (Å²) in [7, 11) is 0. The van der Waals surface area contributed by atoms with E-state index in [-0.39, 0.29) is 11.9 Å². The minimum Gasteiger partial charge on any atom is -0.399 e. The van der Waals surface area contributed by atoms with Gasteiger partial charge in [0.2, 0.25) is 11.9 Å². The van der Waals surface area contributed by atoms with Crippen LogP contribution in [0.3, 0.4) is 0 Å². The molecule has 1 atom stereocenters. The number of carbonyl (C=O) groups is 1. The second kappa shape index (κ2) is 9.52. The molecule has 8 nitrogen and oxygen atoms in total. The third-order valence-electron chi connectivity index (χ3n) is 5.53. The van der Waals surface area contributed by atoms with Crippen molar-refractivity contribution in [2.24, 2.45) is 0 Å². The number of unbranched alkanes of at least 4 members (excludes halogenated alkanes) is 1. The first-order valence-corrected chi connectivity index (χ1v) is 10.9. The number of hydrogen-bond acceptors (Lipinski definition) is 7. The fourth-order valence-corrected chi connectivity index (χ4v) is 3.98. The highest BCUT2D eigenvalue weighted by Gasteiger charge is 2.26. The predicted molar refractivity (Wildman–Crippen MR) is 127 cm³/mol. The van der Waals surface area contributed by atoms with Crippen LogP contribution in [0, 0.1) is 11.3 Å². The van der Waals surface area contributed by atoms with Crippen molar-refractivity contribution in [3.63, 3.8) is 0 Å². The van der Waals surface area contributed by atoms with Crippen molar-refractivity contribution >= 4 is 40.0 Å². The molecule has 1 fully saturated rings. The van der Waals surface area contributed by atoms with E-state index in [1.807, 2.05) is 24.3 Å². The topological polar surface area (TPSA) is 120 Å². The standard InChI is InChI=1S/C24H27N7O/c1-2-3-8-22(32)27-18-9-10-31(15-18)23-20-6-4-5-7-21(20)29-24(30-23)28-19-12-16(14-25)11-17(26)13-19/h4-7,11-13,18H,2-3,8-10,15,26H2,1H3,(H,27,32)(H,28,29,30). The first kappa shape index (κ1) is 21.4. The van der Waals surface area contributed by atoms with Crippen molar-refractivity contribution in [2.75, 3.05) is 29.0 Å². The van der Waals surface area contributed by atoms with Gasteiger partial charge in [-0.1, -0.05) is 25.5 Å². The summed E-state index contributed by atoms with van der Waals surface area (Å²) in [5.74, 6) is 1.38. The molecule has 1 aromatic heterocycles. The van der Waals surface area contributed by atoms with Gasteiger partial charge in [-0.05, 0) is 43.2 Å². The summed E-state index contributed by atoms with van der Waals surface area (Å²) >= 11 is 0. The molecule has 164 valence electrons. The average molecular weight is 430 g/mol. The Morgan fingerprint density at radius 2 is 2.12 bits per heavy atom.